The van der Waals surface area contributed by atoms with Gasteiger partial charge in [0.25, 0.3) is 6.01 Å². The van der Waals surface area contributed by atoms with Crippen LogP contribution in [0.1, 0.15) is 63.4 Å². The van der Waals surface area contributed by atoms with Crippen LogP contribution in [0.4, 0.5) is 6.01 Å². The van der Waals surface area contributed by atoms with Gasteiger partial charge in [0, 0.05) is 25.3 Å². The zero-order valence-corrected chi connectivity index (χ0v) is 16.2. The maximum absolute atomic E-state index is 6.13. The number of aromatic nitrogens is 2. The Kier molecular flexibility index (Phi) is 4.87. The van der Waals surface area contributed by atoms with Crippen molar-refractivity contribution in [2.24, 2.45) is 0 Å². The molecule has 0 amide bonds. The van der Waals surface area contributed by atoms with Gasteiger partial charge in [-0.2, -0.15) is 4.98 Å². The number of anilines is 1. The lowest BCUT2D eigenvalue weighted by Crippen LogP contribution is -2.46. The maximum Gasteiger partial charge on any atom is 0.299 e. The Balaban J connectivity index is 1.28. The van der Waals surface area contributed by atoms with E-state index in [1.54, 1.807) is 0 Å². The molecule has 0 bridgehead atoms. The summed E-state index contributed by atoms with van der Waals surface area (Å²) >= 11 is 0. The van der Waals surface area contributed by atoms with Crippen molar-refractivity contribution in [3.8, 4) is 0 Å². The van der Waals surface area contributed by atoms with Gasteiger partial charge in [-0.05, 0) is 81.7 Å². The van der Waals surface area contributed by atoms with Gasteiger partial charge in [-0.1, -0.05) is 12.5 Å². The summed E-state index contributed by atoms with van der Waals surface area (Å²) < 4.78 is 6.13. The number of rotatable bonds is 3. The first kappa shape index (κ1) is 17.2. The number of pyridine rings is 1. The Morgan fingerprint density at radius 3 is 2.59 bits per heavy atom. The summed E-state index contributed by atoms with van der Waals surface area (Å²) in [5.41, 5.74) is 4.18. The molecule has 0 atom stereocenters. The molecular weight excluding hydrogens is 336 g/mol. The van der Waals surface area contributed by atoms with E-state index >= 15 is 0 Å². The van der Waals surface area contributed by atoms with Gasteiger partial charge in [0.15, 0.2) is 5.58 Å². The molecule has 0 N–H and O–H groups in total. The SMILES string of the molecule is C1=C(c2cnc3nc(N4CCC(N5CCCCC5)CC4)oc3c2)CCCC1. The molecule has 4 heterocycles. The molecule has 144 valence electrons. The number of piperidine rings is 2. The van der Waals surface area contributed by atoms with Gasteiger partial charge >= 0.3 is 0 Å². The van der Waals surface area contributed by atoms with E-state index in [4.69, 9.17) is 4.42 Å². The first-order valence-electron chi connectivity index (χ1n) is 10.8. The standard InChI is InChI=1S/C22H30N4O/c1-3-7-17(8-4-1)18-15-20-21(23-16-18)24-22(27-20)26-13-9-19(10-14-26)25-11-5-2-6-12-25/h7,15-16,19H,1-6,8-14H2. The van der Waals surface area contributed by atoms with Crippen molar-refractivity contribution in [3.63, 3.8) is 0 Å². The van der Waals surface area contributed by atoms with Crippen molar-refractivity contribution in [3.05, 3.63) is 23.9 Å². The quantitative estimate of drug-likeness (QED) is 0.792. The summed E-state index contributed by atoms with van der Waals surface area (Å²) in [6.07, 6.45) is 15.8. The second-order valence-corrected chi connectivity index (χ2v) is 8.33. The highest BCUT2D eigenvalue weighted by molar-refractivity contribution is 5.77. The average molecular weight is 367 g/mol. The lowest BCUT2D eigenvalue weighted by molar-refractivity contribution is 0.140. The minimum Gasteiger partial charge on any atom is -0.422 e. The number of likely N-dealkylation sites (tertiary alicyclic amines) is 1. The second-order valence-electron chi connectivity index (χ2n) is 8.33. The van der Waals surface area contributed by atoms with Crippen molar-refractivity contribution in [1.82, 2.24) is 14.9 Å². The average Bonchev–Trinajstić information content (AvgIpc) is 3.18. The van der Waals surface area contributed by atoms with E-state index in [0.717, 1.165) is 42.8 Å². The predicted molar refractivity (Wildman–Crippen MR) is 109 cm³/mol. The molecular formula is C22H30N4O. The zero-order chi connectivity index (χ0) is 18.1. The number of hydrogen-bond acceptors (Lipinski definition) is 5. The number of hydrogen-bond donors (Lipinski definition) is 0. The van der Waals surface area contributed by atoms with E-state index in [-0.39, 0.29) is 0 Å². The Labute approximate surface area is 161 Å². The molecule has 0 aromatic carbocycles. The van der Waals surface area contributed by atoms with Crippen LogP contribution in [0.3, 0.4) is 0 Å². The lowest BCUT2D eigenvalue weighted by Gasteiger charge is -2.39. The summed E-state index contributed by atoms with van der Waals surface area (Å²) in [6, 6.07) is 3.63. The second kappa shape index (κ2) is 7.63. The summed E-state index contributed by atoms with van der Waals surface area (Å²) in [6.45, 7) is 4.64. The molecule has 0 saturated carbocycles. The Hall–Kier alpha value is -1.88. The van der Waals surface area contributed by atoms with Gasteiger partial charge in [0.05, 0.1) is 0 Å². The van der Waals surface area contributed by atoms with Gasteiger partial charge in [0.2, 0.25) is 5.65 Å². The van der Waals surface area contributed by atoms with Crippen LogP contribution < -0.4 is 4.90 Å². The summed E-state index contributed by atoms with van der Waals surface area (Å²) in [7, 11) is 0. The van der Waals surface area contributed by atoms with Gasteiger partial charge in [0.1, 0.15) is 0 Å². The summed E-state index contributed by atoms with van der Waals surface area (Å²) in [5, 5.41) is 0. The van der Waals surface area contributed by atoms with Crippen LogP contribution in [0.2, 0.25) is 0 Å². The molecule has 2 aliphatic heterocycles. The van der Waals surface area contributed by atoms with E-state index in [9.17, 15) is 0 Å². The number of nitrogens with zero attached hydrogens (tertiary/aromatic N) is 4. The zero-order valence-electron chi connectivity index (χ0n) is 16.2. The van der Waals surface area contributed by atoms with E-state index in [0.29, 0.717) is 0 Å². The van der Waals surface area contributed by atoms with Gasteiger partial charge in [-0.3, -0.25) is 0 Å². The molecule has 5 rings (SSSR count). The highest BCUT2D eigenvalue weighted by Crippen LogP contribution is 2.30. The molecule has 27 heavy (non-hydrogen) atoms. The van der Waals surface area contributed by atoms with Crippen molar-refractivity contribution in [1.29, 1.82) is 0 Å². The predicted octanol–water partition coefficient (Wildman–Crippen LogP) is 4.63. The van der Waals surface area contributed by atoms with E-state index in [2.05, 4.69) is 31.9 Å². The normalized spacial score (nSPS) is 23.0. The van der Waals surface area contributed by atoms with Crippen LogP contribution in [0.15, 0.2) is 22.8 Å². The minimum atomic E-state index is 0.739. The third-order valence-electron chi connectivity index (χ3n) is 6.54. The molecule has 2 aromatic rings. The first-order chi connectivity index (χ1) is 13.4. The van der Waals surface area contributed by atoms with Crippen LogP contribution in [0.25, 0.3) is 16.8 Å². The fourth-order valence-corrected chi connectivity index (χ4v) is 4.93. The number of fused-ring (bicyclic) bond motifs is 1. The highest BCUT2D eigenvalue weighted by Gasteiger charge is 2.27. The molecule has 0 spiro atoms. The molecule has 5 heteroatoms. The third kappa shape index (κ3) is 3.62. The van der Waals surface area contributed by atoms with Gasteiger partial charge < -0.3 is 14.2 Å². The maximum atomic E-state index is 6.13. The molecule has 0 radical (unpaired) electrons. The minimum absolute atomic E-state index is 0.739. The smallest absolute Gasteiger partial charge is 0.299 e. The largest absolute Gasteiger partial charge is 0.422 e. The summed E-state index contributed by atoms with van der Waals surface area (Å²) in [5.74, 6) is 0. The first-order valence-corrected chi connectivity index (χ1v) is 10.8. The molecule has 2 aromatic heterocycles. The van der Waals surface area contributed by atoms with Crippen molar-refractivity contribution in [2.75, 3.05) is 31.1 Å². The topological polar surface area (TPSA) is 45.4 Å². The van der Waals surface area contributed by atoms with Gasteiger partial charge in [-0.25, -0.2) is 4.98 Å². The van der Waals surface area contributed by atoms with Crippen molar-refractivity contribution >= 4 is 22.8 Å². The molecule has 1 aliphatic carbocycles. The molecule has 2 fully saturated rings. The number of oxazole rings is 1. The van der Waals surface area contributed by atoms with Crippen LogP contribution in [-0.4, -0.2) is 47.1 Å². The number of allylic oxidation sites excluding steroid dienone is 2. The van der Waals surface area contributed by atoms with Crippen LogP contribution in [-0.2, 0) is 0 Å². The fraction of sp³-hybridized carbons (Fsp3) is 0.636. The van der Waals surface area contributed by atoms with Crippen LogP contribution in [0.5, 0.6) is 0 Å². The third-order valence-corrected chi connectivity index (χ3v) is 6.54. The Morgan fingerprint density at radius 1 is 0.963 bits per heavy atom. The molecule has 2 saturated heterocycles. The highest BCUT2D eigenvalue weighted by atomic mass is 16.4. The molecule has 0 unspecified atom stereocenters. The van der Waals surface area contributed by atoms with Gasteiger partial charge in [-0.15, -0.1) is 0 Å². The van der Waals surface area contributed by atoms with Crippen LogP contribution >= 0.6 is 0 Å². The molecule has 3 aliphatic rings. The fourth-order valence-electron chi connectivity index (χ4n) is 4.93. The lowest BCUT2D eigenvalue weighted by atomic mass is 9.95. The Bertz CT molecular complexity index is 813. The van der Waals surface area contributed by atoms with E-state index < -0.39 is 0 Å². The van der Waals surface area contributed by atoms with E-state index in [1.165, 1.54) is 75.6 Å². The van der Waals surface area contributed by atoms with E-state index in [1.807, 2.05) is 6.20 Å². The van der Waals surface area contributed by atoms with Crippen LogP contribution in [0, 0.1) is 0 Å². The van der Waals surface area contributed by atoms with Crippen molar-refractivity contribution in [2.45, 2.75) is 63.8 Å². The summed E-state index contributed by atoms with van der Waals surface area (Å²) in [4.78, 5) is 14.3. The Morgan fingerprint density at radius 2 is 1.81 bits per heavy atom. The molecule has 5 nitrogen and oxygen atoms in total. The monoisotopic (exact) mass is 366 g/mol. The van der Waals surface area contributed by atoms with Crippen molar-refractivity contribution < 1.29 is 4.42 Å².